The highest BCUT2D eigenvalue weighted by atomic mass is 19.1. The van der Waals surface area contributed by atoms with Crippen molar-refractivity contribution in [2.75, 3.05) is 18.1 Å². The average Bonchev–Trinajstić information content (AvgIpc) is 2.84. The Morgan fingerprint density at radius 1 is 1.17 bits per heavy atom. The van der Waals surface area contributed by atoms with Gasteiger partial charge in [0.2, 0.25) is 5.91 Å². The Morgan fingerprint density at radius 2 is 1.91 bits per heavy atom. The second kappa shape index (κ2) is 6.76. The first kappa shape index (κ1) is 16.1. The van der Waals surface area contributed by atoms with Crippen LogP contribution in [0.25, 0.3) is 0 Å². The maximum absolute atomic E-state index is 13.1. The van der Waals surface area contributed by atoms with E-state index in [1.807, 2.05) is 0 Å². The van der Waals surface area contributed by atoms with Crippen LogP contribution in [0.3, 0.4) is 0 Å². The number of amides is 2. The monoisotopic (exact) mass is 320 g/mol. The molecular formula is C17H21FN2O3. The number of rotatable bonds is 4. The molecule has 0 saturated carbocycles. The molecule has 1 aromatic rings. The van der Waals surface area contributed by atoms with Crippen molar-refractivity contribution in [3.05, 3.63) is 30.1 Å². The van der Waals surface area contributed by atoms with E-state index in [0.29, 0.717) is 12.1 Å². The van der Waals surface area contributed by atoms with Gasteiger partial charge in [0.1, 0.15) is 5.82 Å². The molecule has 5 nitrogen and oxygen atoms in total. The lowest BCUT2D eigenvalue weighted by atomic mass is 9.97. The van der Waals surface area contributed by atoms with Crippen molar-refractivity contribution in [1.82, 2.24) is 4.90 Å². The van der Waals surface area contributed by atoms with Crippen molar-refractivity contribution in [3.63, 3.8) is 0 Å². The topological polar surface area (TPSA) is 60.9 Å². The van der Waals surface area contributed by atoms with Crippen molar-refractivity contribution in [1.29, 1.82) is 0 Å². The third-order valence-electron chi connectivity index (χ3n) is 4.74. The minimum atomic E-state index is -0.468. The number of carbonyl (C=O) groups excluding carboxylic acids is 2. The Bertz CT molecular complexity index is 588. The molecule has 0 bridgehead atoms. The number of halogens is 1. The Kier molecular flexibility index (Phi) is 4.73. The predicted octanol–water partition coefficient (Wildman–Crippen LogP) is 1.69. The van der Waals surface area contributed by atoms with Crippen molar-refractivity contribution >= 4 is 17.5 Å². The molecule has 0 unspecified atom stereocenters. The van der Waals surface area contributed by atoms with Crippen LogP contribution in [0.1, 0.15) is 32.1 Å². The zero-order chi connectivity index (χ0) is 16.4. The summed E-state index contributed by atoms with van der Waals surface area (Å²) in [6.45, 7) is 0.851. The molecular weight excluding hydrogens is 299 g/mol. The van der Waals surface area contributed by atoms with Gasteiger partial charge in [-0.2, -0.15) is 0 Å². The molecule has 2 atom stereocenters. The maximum atomic E-state index is 13.1. The molecule has 2 aliphatic heterocycles. The standard InChI is InChI=1S/C17H21FN2O3/c18-12-4-6-14(7-5-12)20-16(22)11-15(17(20)23)19-9-2-1-3-13(19)8-10-21/h4-7,13,15,21H,1-3,8-11H2/t13-,15-/m1/s1. The molecule has 0 aromatic heterocycles. The summed E-state index contributed by atoms with van der Waals surface area (Å²) in [5, 5.41) is 9.23. The molecule has 2 heterocycles. The minimum absolute atomic E-state index is 0.0811. The number of anilines is 1. The highest BCUT2D eigenvalue weighted by Gasteiger charge is 2.44. The number of hydrogen-bond donors (Lipinski definition) is 1. The SMILES string of the molecule is O=C1C[C@@H](N2CCCC[C@@H]2CCO)C(=O)N1c1ccc(F)cc1. The molecule has 6 heteroatoms. The van der Waals surface area contributed by atoms with Crippen LogP contribution in [0, 0.1) is 5.82 Å². The van der Waals surface area contributed by atoms with E-state index in [0.717, 1.165) is 30.7 Å². The first-order valence-corrected chi connectivity index (χ1v) is 8.11. The smallest absolute Gasteiger partial charge is 0.251 e. The molecule has 2 aliphatic rings. The number of nitrogens with zero attached hydrogens (tertiary/aromatic N) is 2. The molecule has 2 fully saturated rings. The minimum Gasteiger partial charge on any atom is -0.396 e. The molecule has 0 radical (unpaired) electrons. The number of carbonyl (C=O) groups is 2. The maximum Gasteiger partial charge on any atom is 0.251 e. The van der Waals surface area contributed by atoms with Gasteiger partial charge >= 0.3 is 0 Å². The van der Waals surface area contributed by atoms with E-state index in [4.69, 9.17) is 0 Å². The summed E-state index contributed by atoms with van der Waals surface area (Å²) >= 11 is 0. The summed E-state index contributed by atoms with van der Waals surface area (Å²) in [6, 6.07) is 5.08. The summed E-state index contributed by atoms with van der Waals surface area (Å²) in [4.78, 5) is 28.3. The predicted molar refractivity (Wildman–Crippen MR) is 83.3 cm³/mol. The molecule has 0 spiro atoms. The van der Waals surface area contributed by atoms with Crippen LogP contribution in [0.15, 0.2) is 24.3 Å². The van der Waals surface area contributed by atoms with Crippen LogP contribution in [0.2, 0.25) is 0 Å². The van der Waals surface area contributed by atoms with Crippen molar-refractivity contribution < 1.29 is 19.1 Å². The van der Waals surface area contributed by atoms with Crippen LogP contribution < -0.4 is 4.90 Å². The van der Waals surface area contributed by atoms with Crippen LogP contribution >= 0.6 is 0 Å². The molecule has 23 heavy (non-hydrogen) atoms. The number of benzene rings is 1. The van der Waals surface area contributed by atoms with Gasteiger partial charge in [-0.15, -0.1) is 0 Å². The zero-order valence-electron chi connectivity index (χ0n) is 12.9. The van der Waals surface area contributed by atoms with Crippen molar-refractivity contribution in [2.45, 2.75) is 44.2 Å². The third-order valence-corrected chi connectivity index (χ3v) is 4.74. The van der Waals surface area contributed by atoms with E-state index in [9.17, 15) is 19.1 Å². The Balaban J connectivity index is 1.81. The lowest BCUT2D eigenvalue weighted by Gasteiger charge is -2.38. The quantitative estimate of drug-likeness (QED) is 0.858. The van der Waals surface area contributed by atoms with Crippen molar-refractivity contribution in [3.8, 4) is 0 Å². The normalized spacial score (nSPS) is 26.1. The Labute approximate surface area is 134 Å². The van der Waals surface area contributed by atoms with Gasteiger partial charge in [-0.3, -0.25) is 14.5 Å². The highest BCUT2D eigenvalue weighted by Crippen LogP contribution is 2.30. The molecule has 1 N–H and O–H groups in total. The second-order valence-electron chi connectivity index (χ2n) is 6.16. The zero-order valence-corrected chi connectivity index (χ0v) is 12.9. The second-order valence-corrected chi connectivity index (χ2v) is 6.16. The molecule has 2 amide bonds. The van der Waals surface area contributed by atoms with E-state index in [-0.39, 0.29) is 30.9 Å². The van der Waals surface area contributed by atoms with Gasteiger partial charge in [-0.05, 0) is 50.1 Å². The van der Waals surface area contributed by atoms with Gasteiger partial charge in [-0.1, -0.05) is 6.42 Å². The van der Waals surface area contributed by atoms with E-state index >= 15 is 0 Å². The Hall–Kier alpha value is -1.79. The number of piperidine rings is 1. The molecule has 3 rings (SSSR count). The van der Waals surface area contributed by atoms with Gasteiger partial charge in [0.05, 0.1) is 18.2 Å². The van der Waals surface area contributed by atoms with Crippen LogP contribution in [0.5, 0.6) is 0 Å². The third kappa shape index (κ3) is 3.14. The molecule has 1 aromatic carbocycles. The lowest BCUT2D eigenvalue weighted by molar-refractivity contribution is -0.123. The van der Waals surface area contributed by atoms with Gasteiger partial charge in [-0.25, -0.2) is 9.29 Å². The van der Waals surface area contributed by atoms with Crippen LogP contribution in [-0.2, 0) is 9.59 Å². The van der Waals surface area contributed by atoms with Gasteiger partial charge in [0.25, 0.3) is 5.91 Å². The van der Waals surface area contributed by atoms with E-state index in [1.165, 1.54) is 24.3 Å². The average molecular weight is 320 g/mol. The Morgan fingerprint density at radius 3 is 2.61 bits per heavy atom. The molecule has 2 saturated heterocycles. The highest BCUT2D eigenvalue weighted by molar-refractivity contribution is 6.22. The fourth-order valence-corrected chi connectivity index (χ4v) is 3.63. The summed E-state index contributed by atoms with van der Waals surface area (Å²) in [6.07, 6.45) is 3.79. The first-order valence-electron chi connectivity index (χ1n) is 8.11. The van der Waals surface area contributed by atoms with E-state index in [1.54, 1.807) is 0 Å². The molecule has 0 aliphatic carbocycles. The summed E-state index contributed by atoms with van der Waals surface area (Å²) in [5.41, 5.74) is 0.416. The van der Waals surface area contributed by atoms with Gasteiger partial charge in [0, 0.05) is 12.6 Å². The summed E-state index contributed by atoms with van der Waals surface area (Å²) in [5.74, 6) is -0.894. The number of aliphatic hydroxyl groups excluding tert-OH is 1. The number of aliphatic hydroxyl groups is 1. The summed E-state index contributed by atoms with van der Waals surface area (Å²) < 4.78 is 13.1. The fraction of sp³-hybridized carbons (Fsp3) is 0.529. The number of hydrogen-bond acceptors (Lipinski definition) is 4. The van der Waals surface area contributed by atoms with Crippen LogP contribution in [0.4, 0.5) is 10.1 Å². The summed E-state index contributed by atoms with van der Waals surface area (Å²) in [7, 11) is 0. The number of likely N-dealkylation sites (tertiary alicyclic amines) is 1. The largest absolute Gasteiger partial charge is 0.396 e. The lowest BCUT2D eigenvalue weighted by Crippen LogP contribution is -2.50. The van der Waals surface area contributed by atoms with Crippen LogP contribution in [-0.4, -0.2) is 47.1 Å². The van der Waals surface area contributed by atoms with Gasteiger partial charge in [0.15, 0.2) is 0 Å². The molecule has 124 valence electrons. The van der Waals surface area contributed by atoms with Gasteiger partial charge < -0.3 is 5.11 Å². The van der Waals surface area contributed by atoms with Crippen molar-refractivity contribution in [2.24, 2.45) is 0 Å². The first-order chi connectivity index (χ1) is 11.1. The fourth-order valence-electron chi connectivity index (χ4n) is 3.63. The number of imide groups is 1. The van der Waals surface area contributed by atoms with E-state index < -0.39 is 11.9 Å². The van der Waals surface area contributed by atoms with E-state index in [2.05, 4.69) is 4.90 Å².